The molecule has 2 nitrogen and oxygen atoms in total. The fraction of sp³-hybridized carbons (Fsp3) is 0.227. The number of carboxylic acid groups (broad SMARTS) is 1. The Kier molecular flexibility index (Phi) is 5.49. The standard InChI is InChI=1S/C22H19F3O2/c1-13-19(8-14-2-4-15(5-3-14)16(11-23)12-24)18-7-6-17(25)9-21(18)20(13)10-22(26)27/h2-9,16H,10-12H2,1H3,(H,26,27)/b19-8-. The van der Waals surface area contributed by atoms with Gasteiger partial charge in [0.05, 0.1) is 19.8 Å². The second-order valence-corrected chi connectivity index (χ2v) is 6.59. The number of benzene rings is 2. The van der Waals surface area contributed by atoms with Crippen molar-refractivity contribution in [1.82, 2.24) is 0 Å². The van der Waals surface area contributed by atoms with Gasteiger partial charge in [-0.2, -0.15) is 0 Å². The summed E-state index contributed by atoms with van der Waals surface area (Å²) in [6.45, 7) is 0.311. The zero-order valence-corrected chi connectivity index (χ0v) is 14.8. The highest BCUT2D eigenvalue weighted by Gasteiger charge is 2.25. The maximum Gasteiger partial charge on any atom is 0.307 e. The maximum atomic E-state index is 13.7. The van der Waals surface area contributed by atoms with Gasteiger partial charge >= 0.3 is 5.97 Å². The highest BCUT2D eigenvalue weighted by atomic mass is 19.1. The van der Waals surface area contributed by atoms with Crippen LogP contribution < -0.4 is 0 Å². The average molecular weight is 372 g/mol. The maximum absolute atomic E-state index is 13.7. The summed E-state index contributed by atoms with van der Waals surface area (Å²) < 4.78 is 39.4. The first-order valence-corrected chi connectivity index (χ1v) is 8.60. The molecule has 140 valence electrons. The van der Waals surface area contributed by atoms with Crippen molar-refractivity contribution >= 4 is 23.2 Å². The molecule has 3 rings (SSSR count). The van der Waals surface area contributed by atoms with Crippen molar-refractivity contribution in [2.75, 3.05) is 13.3 Å². The van der Waals surface area contributed by atoms with E-state index in [2.05, 4.69) is 0 Å². The Balaban J connectivity index is 2.03. The molecule has 0 saturated heterocycles. The van der Waals surface area contributed by atoms with Crippen molar-refractivity contribution in [3.8, 4) is 0 Å². The Morgan fingerprint density at radius 1 is 1.07 bits per heavy atom. The summed E-state index contributed by atoms with van der Waals surface area (Å²) in [5, 5.41) is 9.18. The lowest BCUT2D eigenvalue weighted by Crippen LogP contribution is -2.02. The number of aliphatic carboxylic acids is 1. The third-order valence-corrected chi connectivity index (χ3v) is 4.87. The quantitative estimate of drug-likeness (QED) is 0.711. The normalized spacial score (nSPS) is 14.9. The molecule has 0 saturated carbocycles. The number of allylic oxidation sites excluding steroid dienone is 2. The summed E-state index contributed by atoms with van der Waals surface area (Å²) in [4.78, 5) is 11.2. The van der Waals surface area contributed by atoms with Crippen molar-refractivity contribution in [3.05, 3.63) is 76.1 Å². The minimum Gasteiger partial charge on any atom is -0.481 e. The lowest BCUT2D eigenvalue weighted by molar-refractivity contribution is -0.135. The van der Waals surface area contributed by atoms with Gasteiger partial charge in [0, 0.05) is 5.92 Å². The van der Waals surface area contributed by atoms with Crippen LogP contribution in [0.3, 0.4) is 0 Å². The number of alkyl halides is 2. The van der Waals surface area contributed by atoms with E-state index in [1.54, 1.807) is 30.3 Å². The van der Waals surface area contributed by atoms with Crippen LogP contribution in [0.5, 0.6) is 0 Å². The van der Waals surface area contributed by atoms with E-state index in [0.29, 0.717) is 16.7 Å². The van der Waals surface area contributed by atoms with Gasteiger partial charge in [-0.15, -0.1) is 0 Å². The van der Waals surface area contributed by atoms with Crippen molar-refractivity contribution in [1.29, 1.82) is 0 Å². The molecule has 2 aromatic carbocycles. The van der Waals surface area contributed by atoms with E-state index in [1.165, 1.54) is 12.1 Å². The van der Waals surface area contributed by atoms with Crippen molar-refractivity contribution in [2.45, 2.75) is 19.3 Å². The fourth-order valence-corrected chi connectivity index (χ4v) is 3.38. The van der Waals surface area contributed by atoms with Crippen LogP contribution in [0.4, 0.5) is 13.2 Å². The molecule has 1 N–H and O–H groups in total. The zero-order chi connectivity index (χ0) is 19.6. The van der Waals surface area contributed by atoms with Gasteiger partial charge in [0.1, 0.15) is 5.82 Å². The average Bonchev–Trinajstić information content (AvgIpc) is 2.89. The Labute approximate surface area is 155 Å². The van der Waals surface area contributed by atoms with Crippen LogP contribution in [-0.4, -0.2) is 24.4 Å². The fourth-order valence-electron chi connectivity index (χ4n) is 3.38. The number of halogens is 3. The molecule has 0 unspecified atom stereocenters. The molecule has 0 spiro atoms. The van der Waals surface area contributed by atoms with Crippen LogP contribution in [-0.2, 0) is 4.79 Å². The summed E-state index contributed by atoms with van der Waals surface area (Å²) in [5.74, 6) is -2.15. The Hall–Kier alpha value is -2.82. The molecule has 0 fully saturated rings. The second-order valence-electron chi connectivity index (χ2n) is 6.59. The summed E-state index contributed by atoms with van der Waals surface area (Å²) in [5.41, 5.74) is 4.97. The van der Waals surface area contributed by atoms with Gasteiger partial charge in [-0.25, -0.2) is 4.39 Å². The van der Waals surface area contributed by atoms with Crippen LogP contribution >= 0.6 is 0 Å². The van der Waals surface area contributed by atoms with Crippen LogP contribution in [0.15, 0.2) is 48.0 Å². The van der Waals surface area contributed by atoms with E-state index in [4.69, 9.17) is 0 Å². The number of carboxylic acids is 1. The molecule has 0 heterocycles. The zero-order valence-electron chi connectivity index (χ0n) is 14.8. The summed E-state index contributed by atoms with van der Waals surface area (Å²) in [7, 11) is 0. The molecule has 0 amide bonds. The molecule has 0 aliphatic heterocycles. The molecule has 0 atom stereocenters. The largest absolute Gasteiger partial charge is 0.481 e. The van der Waals surface area contributed by atoms with Crippen molar-refractivity contribution in [3.63, 3.8) is 0 Å². The van der Waals surface area contributed by atoms with Crippen LogP contribution in [0, 0.1) is 5.82 Å². The van der Waals surface area contributed by atoms with Crippen molar-refractivity contribution < 1.29 is 23.1 Å². The van der Waals surface area contributed by atoms with E-state index < -0.39 is 31.1 Å². The molecule has 2 aromatic rings. The van der Waals surface area contributed by atoms with Crippen molar-refractivity contribution in [2.24, 2.45) is 0 Å². The van der Waals surface area contributed by atoms with Gasteiger partial charge in [0.25, 0.3) is 0 Å². The molecule has 0 radical (unpaired) electrons. The molecule has 0 aromatic heterocycles. The summed E-state index contributed by atoms with van der Waals surface area (Å²) in [6, 6.07) is 11.3. The SMILES string of the molecule is CC1=C(CC(=O)O)c2cc(F)ccc2/C1=C\c1ccc(C(CF)CF)cc1. The molecule has 1 aliphatic rings. The van der Waals surface area contributed by atoms with Crippen LogP contribution in [0.25, 0.3) is 17.2 Å². The van der Waals surface area contributed by atoms with E-state index >= 15 is 0 Å². The minimum absolute atomic E-state index is 0.187. The topological polar surface area (TPSA) is 37.3 Å². The molecular formula is C22H19F3O2. The number of rotatable bonds is 6. The van der Waals surface area contributed by atoms with E-state index in [-0.39, 0.29) is 6.42 Å². The van der Waals surface area contributed by atoms with Gasteiger partial charge in [-0.1, -0.05) is 30.3 Å². The molecular weight excluding hydrogens is 353 g/mol. The Bertz CT molecular complexity index is 923. The van der Waals surface area contributed by atoms with E-state index in [0.717, 1.165) is 22.3 Å². The Morgan fingerprint density at radius 3 is 2.33 bits per heavy atom. The highest BCUT2D eigenvalue weighted by molar-refractivity contribution is 6.07. The summed E-state index contributed by atoms with van der Waals surface area (Å²) in [6.07, 6.45) is 1.69. The third-order valence-electron chi connectivity index (χ3n) is 4.87. The first-order chi connectivity index (χ1) is 12.9. The van der Waals surface area contributed by atoms with E-state index in [1.807, 2.05) is 13.0 Å². The van der Waals surface area contributed by atoms with Gasteiger partial charge in [-0.3, -0.25) is 13.6 Å². The second kappa shape index (κ2) is 7.82. The first kappa shape index (κ1) is 19.0. The van der Waals surface area contributed by atoms with E-state index in [9.17, 15) is 23.1 Å². The van der Waals surface area contributed by atoms with Gasteiger partial charge in [0.2, 0.25) is 0 Å². The number of fused-ring (bicyclic) bond motifs is 1. The first-order valence-electron chi connectivity index (χ1n) is 8.60. The Morgan fingerprint density at radius 2 is 1.74 bits per heavy atom. The number of hydrogen-bond acceptors (Lipinski definition) is 1. The van der Waals surface area contributed by atoms with Gasteiger partial charge < -0.3 is 5.11 Å². The van der Waals surface area contributed by atoms with Gasteiger partial charge in [-0.05, 0) is 64.1 Å². The lowest BCUT2D eigenvalue weighted by atomic mass is 9.97. The third kappa shape index (κ3) is 3.82. The van der Waals surface area contributed by atoms with Crippen LogP contribution in [0.2, 0.25) is 0 Å². The monoisotopic (exact) mass is 372 g/mol. The summed E-state index contributed by atoms with van der Waals surface area (Å²) >= 11 is 0. The number of hydrogen-bond donors (Lipinski definition) is 1. The van der Waals surface area contributed by atoms with Gasteiger partial charge in [0.15, 0.2) is 0 Å². The van der Waals surface area contributed by atoms with Crippen LogP contribution in [0.1, 0.15) is 41.5 Å². The predicted octanol–water partition coefficient (Wildman–Crippen LogP) is 5.65. The molecule has 1 aliphatic carbocycles. The molecule has 27 heavy (non-hydrogen) atoms. The highest BCUT2D eigenvalue weighted by Crippen LogP contribution is 2.43. The number of carbonyl (C=O) groups is 1. The lowest BCUT2D eigenvalue weighted by Gasteiger charge is -2.09. The molecule has 0 bridgehead atoms. The minimum atomic E-state index is -0.978. The predicted molar refractivity (Wildman–Crippen MR) is 100 cm³/mol. The smallest absolute Gasteiger partial charge is 0.307 e. The molecule has 5 heteroatoms.